The molecule has 2 amide bonds. The molecule has 0 spiro atoms. The molecule has 4 rings (SSSR count). The van der Waals surface area contributed by atoms with E-state index in [4.69, 9.17) is 0 Å². The van der Waals surface area contributed by atoms with Gasteiger partial charge in [-0.2, -0.15) is 0 Å². The molecule has 192 valence electrons. The third-order valence-corrected chi connectivity index (χ3v) is 7.59. The van der Waals surface area contributed by atoms with Gasteiger partial charge in [0.15, 0.2) is 16.1 Å². The van der Waals surface area contributed by atoms with Crippen molar-refractivity contribution in [3.63, 3.8) is 0 Å². The minimum Gasteiger partial charge on any atom is -0.342 e. The summed E-state index contributed by atoms with van der Waals surface area (Å²) in [5.74, 6) is 0.555. The van der Waals surface area contributed by atoms with Crippen molar-refractivity contribution in [1.82, 2.24) is 25.1 Å². The quantitative estimate of drug-likeness (QED) is 0.278. The van der Waals surface area contributed by atoms with Crippen LogP contribution in [0.4, 0.5) is 5.13 Å². The molecule has 2 N–H and O–H groups in total. The van der Waals surface area contributed by atoms with Crippen LogP contribution in [0.5, 0.6) is 0 Å². The maximum absolute atomic E-state index is 12.9. The minimum atomic E-state index is -0.329. The van der Waals surface area contributed by atoms with E-state index >= 15 is 0 Å². The number of hydrogen-bond donors (Lipinski definition) is 2. The van der Waals surface area contributed by atoms with E-state index in [-0.39, 0.29) is 29.5 Å². The maximum Gasteiger partial charge on any atom is 0.251 e. The van der Waals surface area contributed by atoms with Gasteiger partial charge < -0.3 is 15.2 Å². The molecule has 0 bridgehead atoms. The van der Waals surface area contributed by atoms with Crippen LogP contribution in [0.25, 0.3) is 11.3 Å². The van der Waals surface area contributed by atoms with Gasteiger partial charge in [-0.15, -0.1) is 21.5 Å². The second-order valence-corrected chi connectivity index (χ2v) is 11.0. The normalized spacial score (nSPS) is 11.9. The number of nitrogens with zero attached hydrogens (tertiary/aromatic N) is 4. The fourth-order valence-corrected chi connectivity index (χ4v) is 5.19. The lowest BCUT2D eigenvalue weighted by Gasteiger charge is -2.21. The molecular formula is C27H30N6O2S2. The van der Waals surface area contributed by atoms with Gasteiger partial charge in [0, 0.05) is 23.6 Å². The molecule has 0 fully saturated rings. The number of aryl methyl sites for hydroxylation is 2. The summed E-state index contributed by atoms with van der Waals surface area (Å²) < 4.78 is 1.83. The highest BCUT2D eigenvalue weighted by molar-refractivity contribution is 7.99. The molecule has 1 atom stereocenters. The number of anilines is 1. The van der Waals surface area contributed by atoms with Crippen molar-refractivity contribution >= 4 is 40.0 Å². The van der Waals surface area contributed by atoms with Gasteiger partial charge in [-0.3, -0.25) is 9.59 Å². The van der Waals surface area contributed by atoms with Gasteiger partial charge in [-0.05, 0) is 31.9 Å². The van der Waals surface area contributed by atoms with Crippen LogP contribution in [0.1, 0.15) is 47.2 Å². The van der Waals surface area contributed by atoms with E-state index in [9.17, 15) is 9.59 Å². The number of nitrogens with one attached hydrogen (secondary N) is 2. The Labute approximate surface area is 224 Å². The first-order valence-corrected chi connectivity index (χ1v) is 13.8. The third-order valence-electron chi connectivity index (χ3n) is 5.81. The molecule has 2 aromatic heterocycles. The van der Waals surface area contributed by atoms with E-state index in [1.807, 2.05) is 87.2 Å². The Kier molecular flexibility index (Phi) is 8.40. The molecule has 8 nitrogen and oxygen atoms in total. The van der Waals surface area contributed by atoms with E-state index < -0.39 is 0 Å². The van der Waals surface area contributed by atoms with Crippen LogP contribution >= 0.6 is 23.1 Å². The number of amides is 2. The summed E-state index contributed by atoms with van der Waals surface area (Å²) in [6, 6.07) is 15.3. The number of carbonyl (C=O) groups excluding carboxylic acids is 2. The summed E-state index contributed by atoms with van der Waals surface area (Å²) in [5.41, 5.74) is 4.65. The molecule has 0 saturated carbocycles. The zero-order valence-electron chi connectivity index (χ0n) is 21.5. The molecule has 37 heavy (non-hydrogen) atoms. The van der Waals surface area contributed by atoms with Gasteiger partial charge in [0.1, 0.15) is 0 Å². The second kappa shape index (κ2) is 11.7. The number of hydrogen-bond acceptors (Lipinski definition) is 7. The molecule has 0 radical (unpaired) electrons. The largest absolute Gasteiger partial charge is 0.342 e. The molecule has 2 aromatic carbocycles. The summed E-state index contributed by atoms with van der Waals surface area (Å²) >= 11 is 2.68. The standard InChI is InChI=1S/C27H30N6O2S2/c1-16(2)23(30-25(35)20-8-6-7-18(4)13-20)24-31-32-27(33(24)5)37-15-22(34)29-26-28-21(14-36-26)19-11-9-17(3)10-12-19/h6-14,16,23H,15H2,1-5H3,(H,30,35)(H,28,29,34)/t23-/m0/s1. The Hall–Kier alpha value is -3.50. The van der Waals surface area contributed by atoms with Gasteiger partial charge in [-0.25, -0.2) is 4.98 Å². The first kappa shape index (κ1) is 26.6. The van der Waals surface area contributed by atoms with E-state index in [1.54, 1.807) is 6.07 Å². The zero-order chi connectivity index (χ0) is 26.5. The molecular weight excluding hydrogens is 504 g/mol. The fraction of sp³-hybridized carbons (Fsp3) is 0.296. The van der Waals surface area contributed by atoms with Crippen LogP contribution in [0, 0.1) is 19.8 Å². The van der Waals surface area contributed by atoms with Crippen molar-refractivity contribution in [2.24, 2.45) is 13.0 Å². The summed E-state index contributed by atoms with van der Waals surface area (Å²) in [6.45, 7) is 8.04. The Morgan fingerprint density at radius 1 is 1.05 bits per heavy atom. The van der Waals surface area contributed by atoms with Crippen molar-refractivity contribution in [1.29, 1.82) is 0 Å². The van der Waals surface area contributed by atoms with Gasteiger partial charge in [0.05, 0.1) is 17.5 Å². The fourth-order valence-electron chi connectivity index (χ4n) is 3.74. The summed E-state index contributed by atoms with van der Waals surface area (Å²) in [7, 11) is 1.85. The summed E-state index contributed by atoms with van der Waals surface area (Å²) in [6.07, 6.45) is 0. The number of thioether (sulfide) groups is 1. The Balaban J connectivity index is 1.37. The maximum atomic E-state index is 12.9. The highest BCUT2D eigenvalue weighted by Gasteiger charge is 2.25. The number of rotatable bonds is 9. The third kappa shape index (κ3) is 6.64. The van der Waals surface area contributed by atoms with Gasteiger partial charge >= 0.3 is 0 Å². The Morgan fingerprint density at radius 3 is 2.51 bits per heavy atom. The Morgan fingerprint density at radius 2 is 1.81 bits per heavy atom. The number of aromatic nitrogens is 4. The first-order chi connectivity index (χ1) is 17.7. The van der Waals surface area contributed by atoms with Gasteiger partial charge in [-0.1, -0.05) is 73.1 Å². The molecule has 0 aliphatic carbocycles. The Bertz CT molecular complexity index is 1390. The lowest BCUT2D eigenvalue weighted by atomic mass is 10.0. The summed E-state index contributed by atoms with van der Waals surface area (Å²) in [5, 5.41) is 17.7. The highest BCUT2D eigenvalue weighted by Crippen LogP contribution is 2.27. The second-order valence-electron chi connectivity index (χ2n) is 9.21. The molecule has 2 heterocycles. The van der Waals surface area contributed by atoms with Crippen LogP contribution in [0.15, 0.2) is 59.1 Å². The molecule has 0 aliphatic heterocycles. The van der Waals surface area contributed by atoms with Crippen LogP contribution in [0.3, 0.4) is 0 Å². The zero-order valence-corrected chi connectivity index (χ0v) is 23.1. The molecule has 0 aliphatic rings. The van der Waals surface area contributed by atoms with Gasteiger partial charge in [0.25, 0.3) is 5.91 Å². The smallest absolute Gasteiger partial charge is 0.251 e. The van der Waals surface area contributed by atoms with E-state index in [0.29, 0.717) is 21.7 Å². The average molecular weight is 535 g/mol. The van der Waals surface area contributed by atoms with Crippen molar-refractivity contribution in [3.05, 3.63) is 76.4 Å². The topological polar surface area (TPSA) is 102 Å². The van der Waals surface area contributed by atoms with Crippen LogP contribution < -0.4 is 10.6 Å². The SMILES string of the molecule is Cc1ccc(-c2csc(NC(=O)CSc3nnc([C@@H](NC(=O)c4cccc(C)c4)C(C)C)n3C)n2)cc1. The summed E-state index contributed by atoms with van der Waals surface area (Å²) in [4.78, 5) is 30.0. The highest BCUT2D eigenvalue weighted by atomic mass is 32.2. The van der Waals surface area contributed by atoms with Crippen molar-refractivity contribution in [2.45, 2.75) is 38.9 Å². The van der Waals surface area contributed by atoms with Crippen molar-refractivity contribution < 1.29 is 9.59 Å². The molecule has 10 heteroatoms. The lowest BCUT2D eigenvalue weighted by Crippen LogP contribution is -2.33. The molecule has 4 aromatic rings. The lowest BCUT2D eigenvalue weighted by molar-refractivity contribution is -0.113. The first-order valence-electron chi connectivity index (χ1n) is 11.9. The monoisotopic (exact) mass is 534 g/mol. The van der Waals surface area contributed by atoms with E-state index in [1.165, 1.54) is 28.7 Å². The van der Waals surface area contributed by atoms with Gasteiger partial charge in [0.2, 0.25) is 5.91 Å². The predicted octanol–water partition coefficient (Wildman–Crippen LogP) is 5.41. The van der Waals surface area contributed by atoms with E-state index in [2.05, 4.69) is 25.8 Å². The van der Waals surface area contributed by atoms with E-state index in [0.717, 1.165) is 16.8 Å². The van der Waals surface area contributed by atoms with Crippen molar-refractivity contribution in [2.75, 3.05) is 11.1 Å². The average Bonchev–Trinajstić information content (AvgIpc) is 3.48. The molecule has 0 saturated heterocycles. The number of benzene rings is 2. The van der Waals surface area contributed by atoms with Crippen LogP contribution in [-0.2, 0) is 11.8 Å². The van der Waals surface area contributed by atoms with Crippen LogP contribution in [0.2, 0.25) is 0 Å². The van der Waals surface area contributed by atoms with Crippen molar-refractivity contribution in [3.8, 4) is 11.3 Å². The number of thiazole rings is 1. The minimum absolute atomic E-state index is 0.0884. The number of carbonyl (C=O) groups is 2. The van der Waals surface area contributed by atoms with Crippen LogP contribution in [-0.4, -0.2) is 37.3 Å². The molecule has 0 unspecified atom stereocenters. The predicted molar refractivity (Wildman–Crippen MR) is 149 cm³/mol.